The molecule has 264 valence electrons. The maximum atomic E-state index is 14.7. The van der Waals surface area contributed by atoms with Gasteiger partial charge in [0.15, 0.2) is 0 Å². The van der Waals surface area contributed by atoms with Gasteiger partial charge in [-0.1, -0.05) is 94.3 Å². The van der Waals surface area contributed by atoms with E-state index < -0.39 is 34.1 Å². The second-order valence-corrected chi connectivity index (χ2v) is 16.1. The van der Waals surface area contributed by atoms with Crippen LogP contribution in [0.1, 0.15) is 37.5 Å². The number of nitrogens with zero attached hydrogens (tertiary/aromatic N) is 2. The second-order valence-electron chi connectivity index (χ2n) is 13.3. The Labute approximate surface area is 309 Å². The molecule has 5 aromatic carbocycles. The van der Waals surface area contributed by atoms with Crippen molar-refractivity contribution in [3.05, 3.63) is 155 Å². The van der Waals surface area contributed by atoms with E-state index in [1.165, 1.54) is 17.0 Å². The molecule has 5 rings (SSSR count). The van der Waals surface area contributed by atoms with E-state index in [0.717, 1.165) is 25.5 Å². The zero-order valence-corrected chi connectivity index (χ0v) is 31.5. The molecular formula is C41H42BrN3O5S. The van der Waals surface area contributed by atoms with Crippen molar-refractivity contribution in [3.8, 4) is 11.5 Å². The number of ether oxygens (including phenoxy) is 1. The molecule has 0 heterocycles. The average molecular weight is 769 g/mol. The molecule has 0 aliphatic carbocycles. The van der Waals surface area contributed by atoms with Crippen molar-refractivity contribution >= 4 is 43.5 Å². The fourth-order valence-electron chi connectivity index (χ4n) is 5.46. The van der Waals surface area contributed by atoms with Gasteiger partial charge in [-0.05, 0) is 99.5 Å². The van der Waals surface area contributed by atoms with E-state index >= 15 is 0 Å². The van der Waals surface area contributed by atoms with Gasteiger partial charge >= 0.3 is 0 Å². The number of carbonyl (C=O) groups excluding carboxylic acids is 2. The van der Waals surface area contributed by atoms with Crippen LogP contribution in [0.4, 0.5) is 5.69 Å². The van der Waals surface area contributed by atoms with Gasteiger partial charge in [0.05, 0.1) is 10.6 Å². The first-order valence-corrected chi connectivity index (χ1v) is 18.8. The number of rotatable bonds is 13. The first kappa shape index (κ1) is 37.3. The molecule has 0 saturated heterocycles. The van der Waals surface area contributed by atoms with E-state index in [0.29, 0.717) is 11.5 Å². The van der Waals surface area contributed by atoms with Gasteiger partial charge in [0.2, 0.25) is 11.8 Å². The summed E-state index contributed by atoms with van der Waals surface area (Å²) in [5, 5.41) is 3.06. The number of benzene rings is 5. The molecule has 0 aromatic heterocycles. The van der Waals surface area contributed by atoms with Crippen molar-refractivity contribution in [3.63, 3.8) is 0 Å². The highest BCUT2D eigenvalue weighted by atomic mass is 79.9. The van der Waals surface area contributed by atoms with Gasteiger partial charge in [0.1, 0.15) is 24.1 Å². The van der Waals surface area contributed by atoms with Crippen molar-refractivity contribution in [2.24, 2.45) is 0 Å². The highest BCUT2D eigenvalue weighted by Crippen LogP contribution is 2.29. The molecule has 0 aliphatic rings. The van der Waals surface area contributed by atoms with Crippen molar-refractivity contribution in [2.45, 2.75) is 57.1 Å². The van der Waals surface area contributed by atoms with E-state index in [1.807, 2.05) is 113 Å². The Kier molecular flexibility index (Phi) is 12.0. The summed E-state index contributed by atoms with van der Waals surface area (Å²) in [5.74, 6) is 0.254. The number of para-hydroxylation sites is 1. The highest BCUT2D eigenvalue weighted by Gasteiger charge is 2.35. The molecule has 0 radical (unpaired) electrons. The van der Waals surface area contributed by atoms with Crippen LogP contribution in [0.25, 0.3) is 0 Å². The Morgan fingerprint density at radius 2 is 1.31 bits per heavy atom. The van der Waals surface area contributed by atoms with Crippen LogP contribution in [-0.2, 0) is 32.6 Å². The van der Waals surface area contributed by atoms with Crippen LogP contribution in [0.15, 0.2) is 143 Å². The number of amides is 2. The largest absolute Gasteiger partial charge is 0.457 e. The molecule has 1 atom stereocenters. The third-order valence-electron chi connectivity index (χ3n) is 8.03. The number of nitrogens with one attached hydrogen (secondary N) is 1. The van der Waals surface area contributed by atoms with E-state index in [1.54, 1.807) is 36.4 Å². The van der Waals surface area contributed by atoms with E-state index in [2.05, 4.69) is 21.2 Å². The van der Waals surface area contributed by atoms with Crippen LogP contribution < -0.4 is 14.4 Å². The predicted molar refractivity (Wildman–Crippen MR) is 205 cm³/mol. The minimum Gasteiger partial charge on any atom is -0.457 e. The zero-order valence-electron chi connectivity index (χ0n) is 29.1. The molecule has 0 fully saturated rings. The van der Waals surface area contributed by atoms with Crippen LogP contribution >= 0.6 is 15.9 Å². The van der Waals surface area contributed by atoms with Gasteiger partial charge in [-0.15, -0.1) is 0 Å². The third kappa shape index (κ3) is 10.3. The van der Waals surface area contributed by atoms with Gasteiger partial charge in [-0.2, -0.15) is 0 Å². The third-order valence-corrected chi connectivity index (χ3v) is 10.3. The lowest BCUT2D eigenvalue weighted by atomic mass is 10.0. The van der Waals surface area contributed by atoms with Crippen molar-refractivity contribution in [1.29, 1.82) is 0 Å². The fraction of sp³-hybridized carbons (Fsp3) is 0.220. The van der Waals surface area contributed by atoms with Crippen molar-refractivity contribution < 1.29 is 22.7 Å². The quantitative estimate of drug-likeness (QED) is 0.130. The SMILES string of the molecule is Cc1ccc(S(=O)(=O)N(CC(=O)N(Cc2ccc(Br)cc2)C(Cc2ccccc2)C(=O)NC(C)(C)C)c2ccc(Oc3ccccc3)cc2)cc1. The van der Waals surface area contributed by atoms with E-state index in [9.17, 15) is 18.0 Å². The standard InChI is InChI=1S/C41H42BrN3O5S/c1-30-15-25-37(26-16-30)51(48,49)45(34-21-23-36(24-22-34)50-35-13-9-6-10-14-35)29-39(46)44(28-32-17-19-33(42)20-18-32)38(40(47)43-41(2,3)4)27-31-11-7-5-8-12-31/h5-26,38H,27-29H2,1-4H3,(H,43,47). The monoisotopic (exact) mass is 767 g/mol. The van der Waals surface area contributed by atoms with Gasteiger partial charge in [-0.3, -0.25) is 13.9 Å². The lowest BCUT2D eigenvalue weighted by Crippen LogP contribution is -2.56. The minimum atomic E-state index is -4.25. The molecule has 1 N–H and O–H groups in total. The van der Waals surface area contributed by atoms with Crippen LogP contribution in [0.2, 0.25) is 0 Å². The molecule has 0 bridgehead atoms. The van der Waals surface area contributed by atoms with Crippen LogP contribution in [0.5, 0.6) is 11.5 Å². The summed E-state index contributed by atoms with van der Waals surface area (Å²) in [5.41, 5.74) is 2.23. The van der Waals surface area contributed by atoms with Gasteiger partial charge in [0.25, 0.3) is 10.0 Å². The number of hydrogen-bond acceptors (Lipinski definition) is 5. The fourth-order valence-corrected chi connectivity index (χ4v) is 7.14. The molecule has 8 nitrogen and oxygen atoms in total. The Bertz CT molecular complexity index is 2020. The molecule has 2 amide bonds. The molecule has 51 heavy (non-hydrogen) atoms. The highest BCUT2D eigenvalue weighted by molar-refractivity contribution is 9.10. The average Bonchev–Trinajstić information content (AvgIpc) is 3.10. The zero-order chi connectivity index (χ0) is 36.6. The molecule has 0 saturated carbocycles. The number of aryl methyl sites for hydroxylation is 1. The van der Waals surface area contributed by atoms with Crippen molar-refractivity contribution in [2.75, 3.05) is 10.8 Å². The summed E-state index contributed by atoms with van der Waals surface area (Å²) in [6.07, 6.45) is 0.223. The van der Waals surface area contributed by atoms with E-state index in [4.69, 9.17) is 4.74 Å². The van der Waals surface area contributed by atoms with Gasteiger partial charge in [0, 0.05) is 23.0 Å². The lowest BCUT2D eigenvalue weighted by Gasteiger charge is -2.35. The number of sulfonamides is 1. The Morgan fingerprint density at radius 3 is 1.90 bits per heavy atom. The van der Waals surface area contributed by atoms with Gasteiger partial charge in [-0.25, -0.2) is 8.42 Å². The summed E-state index contributed by atoms with van der Waals surface area (Å²) in [6.45, 7) is 7.03. The number of carbonyl (C=O) groups is 2. The predicted octanol–water partition coefficient (Wildman–Crippen LogP) is 8.30. The Hall–Kier alpha value is -4.93. The van der Waals surface area contributed by atoms with Crippen LogP contribution in [0.3, 0.4) is 0 Å². The maximum Gasteiger partial charge on any atom is 0.264 e. The van der Waals surface area contributed by atoms with Crippen LogP contribution in [-0.4, -0.2) is 43.3 Å². The summed E-state index contributed by atoms with van der Waals surface area (Å²) >= 11 is 3.47. The summed E-state index contributed by atoms with van der Waals surface area (Å²) in [6, 6.07) is 38.3. The van der Waals surface area contributed by atoms with Crippen LogP contribution in [0, 0.1) is 6.92 Å². The molecule has 5 aromatic rings. The Balaban J connectivity index is 1.57. The smallest absolute Gasteiger partial charge is 0.264 e. The molecule has 0 aliphatic heterocycles. The topological polar surface area (TPSA) is 96.0 Å². The molecule has 1 unspecified atom stereocenters. The summed E-state index contributed by atoms with van der Waals surface area (Å²) < 4.78 is 36.7. The summed E-state index contributed by atoms with van der Waals surface area (Å²) in [7, 11) is -4.25. The number of hydrogen-bond donors (Lipinski definition) is 1. The van der Waals surface area contributed by atoms with Gasteiger partial charge < -0.3 is 15.0 Å². The van der Waals surface area contributed by atoms with E-state index in [-0.39, 0.29) is 29.5 Å². The first-order chi connectivity index (χ1) is 24.3. The van der Waals surface area contributed by atoms with Crippen molar-refractivity contribution in [1.82, 2.24) is 10.2 Å². The summed E-state index contributed by atoms with van der Waals surface area (Å²) in [4.78, 5) is 30.4. The Morgan fingerprint density at radius 1 is 0.745 bits per heavy atom. The first-order valence-electron chi connectivity index (χ1n) is 16.6. The second kappa shape index (κ2) is 16.4. The normalized spacial score (nSPS) is 12.1. The minimum absolute atomic E-state index is 0.0382. The number of anilines is 1. The number of halogens is 1. The molecule has 10 heteroatoms. The lowest BCUT2D eigenvalue weighted by molar-refractivity contribution is -0.140. The maximum absolute atomic E-state index is 14.7. The molecule has 0 spiro atoms. The molecular weight excluding hydrogens is 726 g/mol.